The second kappa shape index (κ2) is 7.29. The van der Waals surface area contributed by atoms with Crippen LogP contribution in [0.15, 0.2) is 54.1 Å². The molecule has 0 aliphatic rings. The number of pyridine rings is 2. The largest absolute Gasteiger partial charge is 0.383 e. The van der Waals surface area contributed by atoms with Crippen LogP contribution in [0.2, 0.25) is 0 Å². The number of hydrogen-bond donors (Lipinski definition) is 0. The van der Waals surface area contributed by atoms with Gasteiger partial charge < -0.3 is 4.84 Å². The van der Waals surface area contributed by atoms with Gasteiger partial charge in [0.05, 0.1) is 22.5 Å². The van der Waals surface area contributed by atoms with Gasteiger partial charge in [-0.1, -0.05) is 17.1 Å². The Balaban J connectivity index is 1.81. The molecule has 0 aliphatic carbocycles. The van der Waals surface area contributed by atoms with E-state index in [9.17, 15) is 0 Å². The van der Waals surface area contributed by atoms with Gasteiger partial charge in [0.15, 0.2) is 6.61 Å². The Morgan fingerprint density at radius 2 is 2.22 bits per heavy atom. The molecule has 0 bridgehead atoms. The van der Waals surface area contributed by atoms with Crippen LogP contribution in [0.4, 0.5) is 0 Å². The van der Waals surface area contributed by atoms with Crippen molar-refractivity contribution in [2.75, 3.05) is 6.61 Å². The fraction of sp³-hybridized carbons (Fsp3) is 0.0588. The second-order valence-electron chi connectivity index (χ2n) is 4.43. The monoisotopic (exact) mass is 320 g/mol. The molecule has 5 nitrogen and oxygen atoms in total. The van der Waals surface area contributed by atoms with E-state index >= 15 is 0 Å². The van der Waals surface area contributed by atoms with Gasteiger partial charge in [-0.3, -0.25) is 4.98 Å². The quantitative estimate of drug-likeness (QED) is 0.313. The van der Waals surface area contributed by atoms with Gasteiger partial charge in [-0.2, -0.15) is 0 Å². The molecule has 3 rings (SSSR count). The fourth-order valence-electron chi connectivity index (χ4n) is 1.84. The first-order chi connectivity index (χ1) is 11.4. The highest BCUT2D eigenvalue weighted by Crippen LogP contribution is 2.30. The Bertz CT molecular complexity index is 852. The molecule has 0 saturated heterocycles. The summed E-state index contributed by atoms with van der Waals surface area (Å²) in [4.78, 5) is 18.9. The molecule has 0 N–H and O–H groups in total. The highest BCUT2D eigenvalue weighted by Gasteiger charge is 2.08. The first-order valence-corrected chi connectivity index (χ1v) is 7.61. The topological polar surface area (TPSA) is 60.3 Å². The normalized spacial score (nSPS) is 10.6. The van der Waals surface area contributed by atoms with Crippen LogP contribution in [0.5, 0.6) is 0 Å². The minimum absolute atomic E-state index is 0.138. The Morgan fingerprint density at radius 1 is 1.26 bits per heavy atom. The maximum atomic E-state index is 5.08. The highest BCUT2D eigenvalue weighted by atomic mass is 32.1. The fourth-order valence-corrected chi connectivity index (χ4v) is 2.72. The molecule has 0 atom stereocenters. The summed E-state index contributed by atoms with van der Waals surface area (Å²) in [6, 6.07) is 9.56. The molecule has 0 aliphatic heterocycles. The predicted octanol–water partition coefficient (Wildman–Crippen LogP) is 3.25. The molecule has 0 saturated carbocycles. The van der Waals surface area contributed by atoms with Crippen LogP contribution in [0.25, 0.3) is 21.1 Å². The molecule has 3 heterocycles. The molecule has 23 heavy (non-hydrogen) atoms. The molecule has 6 heteroatoms. The zero-order valence-corrected chi connectivity index (χ0v) is 12.9. The summed E-state index contributed by atoms with van der Waals surface area (Å²) in [6.45, 7) is 0.138. The van der Waals surface area contributed by atoms with Crippen LogP contribution in [0.1, 0.15) is 5.69 Å². The minimum Gasteiger partial charge on any atom is -0.383 e. The van der Waals surface area contributed by atoms with Crippen LogP contribution in [0, 0.1) is 12.3 Å². The molecule has 0 fully saturated rings. The maximum absolute atomic E-state index is 5.08. The average molecular weight is 320 g/mol. The van der Waals surface area contributed by atoms with Gasteiger partial charge in [-0.15, -0.1) is 17.8 Å². The second-order valence-corrected chi connectivity index (χ2v) is 5.46. The minimum atomic E-state index is 0.138. The van der Waals surface area contributed by atoms with Gasteiger partial charge in [0, 0.05) is 24.2 Å². The smallest absolute Gasteiger partial charge is 0.177 e. The number of aromatic nitrogens is 3. The van der Waals surface area contributed by atoms with Crippen molar-refractivity contribution < 1.29 is 4.84 Å². The summed E-state index contributed by atoms with van der Waals surface area (Å²) >= 11 is 1.56. The van der Waals surface area contributed by atoms with Gasteiger partial charge in [-0.05, 0) is 24.3 Å². The molecular formula is C17H12N4OS. The summed E-state index contributed by atoms with van der Waals surface area (Å²) in [5.74, 6) is 2.34. The lowest BCUT2D eigenvalue weighted by atomic mass is 10.3. The standard InChI is InChI=1S/C17H12N4OS/c1-2-9-22-20-11-14-6-3-7-15(21-14)16-12-19-17(23-16)13-5-4-8-18-10-13/h1,3-8,10-12H,9H2/b20-11+. The van der Waals surface area contributed by atoms with Crippen molar-refractivity contribution in [3.8, 4) is 33.5 Å². The number of thiazole rings is 1. The van der Waals surface area contributed by atoms with Crippen molar-refractivity contribution in [1.29, 1.82) is 0 Å². The van der Waals surface area contributed by atoms with E-state index in [2.05, 4.69) is 26.0 Å². The zero-order valence-electron chi connectivity index (χ0n) is 12.1. The lowest BCUT2D eigenvalue weighted by molar-refractivity contribution is 0.181. The number of terminal acetylenes is 1. The lowest BCUT2D eigenvalue weighted by Gasteiger charge is -1.98. The van der Waals surface area contributed by atoms with E-state index in [4.69, 9.17) is 11.3 Å². The number of nitrogens with zero attached hydrogens (tertiary/aromatic N) is 4. The zero-order chi connectivity index (χ0) is 15.9. The average Bonchev–Trinajstić information content (AvgIpc) is 3.10. The van der Waals surface area contributed by atoms with E-state index in [1.807, 2.05) is 36.5 Å². The van der Waals surface area contributed by atoms with Crippen molar-refractivity contribution in [1.82, 2.24) is 15.0 Å². The third-order valence-corrected chi connectivity index (χ3v) is 3.91. The predicted molar refractivity (Wildman–Crippen MR) is 91.0 cm³/mol. The summed E-state index contributed by atoms with van der Waals surface area (Å²) in [5, 5.41) is 4.68. The number of hydrogen-bond acceptors (Lipinski definition) is 6. The van der Waals surface area contributed by atoms with Crippen molar-refractivity contribution in [3.05, 3.63) is 54.6 Å². The maximum Gasteiger partial charge on any atom is 0.177 e. The SMILES string of the molecule is C#CCO/N=C/c1cccc(-c2cnc(-c3cccnc3)s2)n1. The van der Waals surface area contributed by atoms with Crippen LogP contribution in [0.3, 0.4) is 0 Å². The Hall–Kier alpha value is -3.04. The molecule has 0 amide bonds. The summed E-state index contributed by atoms with van der Waals surface area (Å²) < 4.78 is 0. The molecule has 0 spiro atoms. The van der Waals surface area contributed by atoms with Crippen molar-refractivity contribution >= 4 is 17.6 Å². The van der Waals surface area contributed by atoms with Crippen LogP contribution in [-0.4, -0.2) is 27.8 Å². The highest BCUT2D eigenvalue weighted by molar-refractivity contribution is 7.18. The third kappa shape index (κ3) is 3.78. The molecular weight excluding hydrogens is 308 g/mol. The van der Waals surface area contributed by atoms with Gasteiger partial charge >= 0.3 is 0 Å². The Morgan fingerprint density at radius 3 is 3.04 bits per heavy atom. The van der Waals surface area contributed by atoms with Crippen molar-refractivity contribution in [3.63, 3.8) is 0 Å². The molecule has 0 aromatic carbocycles. The summed E-state index contributed by atoms with van der Waals surface area (Å²) in [5.41, 5.74) is 2.51. The van der Waals surface area contributed by atoms with Crippen LogP contribution >= 0.6 is 11.3 Å². The molecule has 3 aromatic rings. The number of rotatable bonds is 5. The summed E-state index contributed by atoms with van der Waals surface area (Å²) in [6.07, 6.45) is 12.0. The van der Waals surface area contributed by atoms with E-state index in [1.54, 1.807) is 23.7 Å². The van der Waals surface area contributed by atoms with Crippen molar-refractivity contribution in [2.45, 2.75) is 0 Å². The van der Waals surface area contributed by atoms with Crippen LogP contribution in [-0.2, 0) is 4.84 Å². The molecule has 0 unspecified atom stereocenters. The van der Waals surface area contributed by atoms with Gasteiger partial charge in [-0.25, -0.2) is 9.97 Å². The van der Waals surface area contributed by atoms with Crippen molar-refractivity contribution in [2.24, 2.45) is 5.16 Å². The molecule has 112 valence electrons. The Labute approximate surface area is 137 Å². The Kier molecular flexibility index (Phi) is 4.72. The van der Waals surface area contributed by atoms with E-state index in [1.165, 1.54) is 6.21 Å². The van der Waals surface area contributed by atoms with E-state index in [0.717, 1.165) is 21.1 Å². The summed E-state index contributed by atoms with van der Waals surface area (Å²) in [7, 11) is 0. The molecule has 0 radical (unpaired) electrons. The third-order valence-electron chi connectivity index (χ3n) is 2.84. The first-order valence-electron chi connectivity index (χ1n) is 6.79. The van der Waals surface area contributed by atoms with Gasteiger partial charge in [0.2, 0.25) is 0 Å². The van der Waals surface area contributed by atoms with E-state index < -0.39 is 0 Å². The van der Waals surface area contributed by atoms with Crippen LogP contribution < -0.4 is 0 Å². The number of oxime groups is 1. The molecule has 3 aromatic heterocycles. The van der Waals surface area contributed by atoms with Gasteiger partial charge in [0.1, 0.15) is 5.01 Å². The van der Waals surface area contributed by atoms with Gasteiger partial charge in [0.25, 0.3) is 0 Å². The van der Waals surface area contributed by atoms with E-state index in [0.29, 0.717) is 5.69 Å². The van der Waals surface area contributed by atoms with E-state index in [-0.39, 0.29) is 6.61 Å². The lowest BCUT2D eigenvalue weighted by Crippen LogP contribution is -1.91. The first kappa shape index (κ1) is 14.9.